The van der Waals surface area contributed by atoms with Crippen LogP contribution in [0.3, 0.4) is 0 Å². The molecule has 0 saturated carbocycles. The summed E-state index contributed by atoms with van der Waals surface area (Å²) < 4.78 is 72.2. The topological polar surface area (TPSA) is 105 Å². The van der Waals surface area contributed by atoms with Crippen LogP contribution in [0.2, 0.25) is 0 Å². The number of nitrogens with zero attached hydrogens (tertiary/aromatic N) is 5. The molecule has 1 saturated heterocycles. The Morgan fingerprint density at radius 2 is 1.74 bits per heavy atom. The molecule has 0 aliphatic carbocycles. The highest BCUT2D eigenvalue weighted by Gasteiger charge is 2.31. The molecule has 9 nitrogen and oxygen atoms in total. The van der Waals surface area contributed by atoms with Crippen molar-refractivity contribution in [1.29, 1.82) is 0 Å². The van der Waals surface area contributed by atoms with E-state index in [9.17, 15) is 26.8 Å². The van der Waals surface area contributed by atoms with Gasteiger partial charge in [-0.3, -0.25) is 4.79 Å². The Balaban J connectivity index is 1.88. The summed E-state index contributed by atoms with van der Waals surface area (Å²) in [5, 5.41) is 0.0123. The molecule has 0 N–H and O–H groups in total. The summed E-state index contributed by atoms with van der Waals surface area (Å²) in [5.41, 5.74) is -2.18. The summed E-state index contributed by atoms with van der Waals surface area (Å²) in [6.07, 6.45) is 2.49. The molecule has 13 heteroatoms. The number of fused-ring (bicyclic) bond motifs is 1. The predicted molar refractivity (Wildman–Crippen MR) is 157 cm³/mol. The molecule has 2 aromatic heterocycles. The Kier molecular flexibility index (Phi) is 7.86. The van der Waals surface area contributed by atoms with E-state index in [-0.39, 0.29) is 59.0 Å². The molecule has 4 aromatic rings. The molecule has 0 bridgehead atoms. The van der Waals surface area contributed by atoms with Crippen LogP contribution in [-0.4, -0.2) is 65.7 Å². The lowest BCUT2D eigenvalue weighted by Gasteiger charge is -2.40. The third-order valence-corrected chi connectivity index (χ3v) is 8.60. The standard InChI is InChI=1S/C30H28F3N5O4S/c1-5-18-9-7-12-23(43(4,41)42)27(18)38-29-19(15-22(33)26(34-29)25-20(31)10-8-11-21(25)32)28(35-30(38)40)37-14-13-36(16-17(37)3)24(39)6-2/h6-12,15,17H,2,5,13-14,16H2,1,3-4H3/t17-/m0/s1. The van der Waals surface area contributed by atoms with Gasteiger partial charge in [-0.05, 0) is 49.2 Å². The number of piperazine rings is 1. The molecule has 0 radical (unpaired) electrons. The summed E-state index contributed by atoms with van der Waals surface area (Å²) in [7, 11) is -3.91. The SMILES string of the molecule is C=CC(=O)N1CCN(c2nc(=O)n(-c3c(CC)cccc3S(C)(=O)=O)c3nc(-c4c(F)cccc4F)c(F)cc23)[C@@H](C)C1. The van der Waals surface area contributed by atoms with E-state index in [1.165, 1.54) is 18.2 Å². The molecule has 5 rings (SSSR count). The second kappa shape index (κ2) is 11.3. The van der Waals surface area contributed by atoms with Crippen molar-refractivity contribution >= 4 is 32.6 Å². The first-order valence-electron chi connectivity index (χ1n) is 13.4. The molecular weight excluding hydrogens is 583 g/mol. The summed E-state index contributed by atoms with van der Waals surface area (Å²) in [6, 6.07) is 8.13. The van der Waals surface area contributed by atoms with Gasteiger partial charge in [0.1, 0.15) is 23.1 Å². The van der Waals surface area contributed by atoms with Crippen LogP contribution >= 0.6 is 0 Å². The van der Waals surface area contributed by atoms with Crippen LogP contribution in [-0.2, 0) is 21.1 Å². The highest BCUT2D eigenvalue weighted by molar-refractivity contribution is 7.90. The van der Waals surface area contributed by atoms with Crippen molar-refractivity contribution in [3.63, 3.8) is 0 Å². The zero-order valence-corrected chi connectivity index (χ0v) is 24.5. The van der Waals surface area contributed by atoms with Gasteiger partial charge in [0.15, 0.2) is 21.3 Å². The zero-order chi connectivity index (χ0) is 31.2. The summed E-state index contributed by atoms with van der Waals surface area (Å²) >= 11 is 0. The second-order valence-electron chi connectivity index (χ2n) is 10.3. The lowest BCUT2D eigenvalue weighted by atomic mass is 10.1. The van der Waals surface area contributed by atoms with Crippen LogP contribution in [0.25, 0.3) is 28.0 Å². The van der Waals surface area contributed by atoms with Crippen LogP contribution < -0.4 is 10.6 Å². The van der Waals surface area contributed by atoms with E-state index in [0.717, 1.165) is 35.1 Å². The molecule has 1 aliphatic heterocycles. The third kappa shape index (κ3) is 5.29. The van der Waals surface area contributed by atoms with Crippen molar-refractivity contribution in [3.8, 4) is 16.9 Å². The maximum atomic E-state index is 15.8. The highest BCUT2D eigenvalue weighted by atomic mass is 32.2. The van der Waals surface area contributed by atoms with Crippen molar-refractivity contribution in [2.45, 2.75) is 31.2 Å². The first-order valence-corrected chi connectivity index (χ1v) is 15.3. The minimum atomic E-state index is -3.91. The summed E-state index contributed by atoms with van der Waals surface area (Å²) in [5.74, 6) is -3.46. The number of aromatic nitrogens is 3. The van der Waals surface area contributed by atoms with Crippen LogP contribution in [0, 0.1) is 17.5 Å². The number of para-hydroxylation sites is 1. The second-order valence-corrected chi connectivity index (χ2v) is 12.2. The van der Waals surface area contributed by atoms with E-state index in [4.69, 9.17) is 0 Å². The molecule has 1 aliphatic rings. The first-order chi connectivity index (χ1) is 20.4. The quantitative estimate of drug-likeness (QED) is 0.303. The van der Waals surface area contributed by atoms with Crippen LogP contribution in [0.5, 0.6) is 0 Å². The molecule has 224 valence electrons. The number of hydrogen-bond acceptors (Lipinski definition) is 7. The fourth-order valence-electron chi connectivity index (χ4n) is 5.43. The normalized spacial score (nSPS) is 15.6. The first kappa shape index (κ1) is 30.0. The maximum Gasteiger partial charge on any atom is 0.355 e. The number of aryl methyl sites for hydroxylation is 1. The van der Waals surface area contributed by atoms with Crippen molar-refractivity contribution in [1.82, 2.24) is 19.4 Å². The minimum absolute atomic E-state index is 0.0123. The molecule has 1 atom stereocenters. The van der Waals surface area contributed by atoms with Gasteiger partial charge in [0, 0.05) is 31.9 Å². The number of hydrogen-bond donors (Lipinski definition) is 0. The molecule has 1 amide bonds. The fourth-order valence-corrected chi connectivity index (χ4v) is 6.33. The van der Waals surface area contributed by atoms with E-state index < -0.39 is 44.2 Å². The lowest BCUT2D eigenvalue weighted by molar-refractivity contribution is -0.126. The lowest BCUT2D eigenvalue weighted by Crippen LogP contribution is -2.54. The van der Waals surface area contributed by atoms with E-state index in [2.05, 4.69) is 16.5 Å². The Bertz CT molecular complexity index is 1940. The number of anilines is 1. The molecule has 2 aromatic carbocycles. The number of halogens is 3. The molecule has 0 spiro atoms. The number of amides is 1. The van der Waals surface area contributed by atoms with Crippen molar-refractivity contribution in [2.75, 3.05) is 30.8 Å². The molecule has 0 unspecified atom stereocenters. The van der Waals surface area contributed by atoms with E-state index >= 15 is 4.39 Å². The largest absolute Gasteiger partial charge is 0.355 e. The smallest absolute Gasteiger partial charge is 0.350 e. The van der Waals surface area contributed by atoms with Gasteiger partial charge in [0.25, 0.3) is 0 Å². The zero-order valence-electron chi connectivity index (χ0n) is 23.6. The fraction of sp³-hybridized carbons (Fsp3) is 0.267. The Labute approximate surface area is 245 Å². The van der Waals surface area contributed by atoms with Gasteiger partial charge in [-0.25, -0.2) is 35.9 Å². The summed E-state index contributed by atoms with van der Waals surface area (Å²) in [6.45, 7) is 7.80. The van der Waals surface area contributed by atoms with Crippen molar-refractivity contribution in [3.05, 3.63) is 88.6 Å². The van der Waals surface area contributed by atoms with Gasteiger partial charge in [0.05, 0.1) is 21.5 Å². The molecule has 3 heterocycles. The van der Waals surface area contributed by atoms with Gasteiger partial charge in [0.2, 0.25) is 5.91 Å². The van der Waals surface area contributed by atoms with E-state index in [1.807, 2.05) is 0 Å². The van der Waals surface area contributed by atoms with Crippen LogP contribution in [0.4, 0.5) is 19.0 Å². The van der Waals surface area contributed by atoms with Crippen LogP contribution in [0.1, 0.15) is 19.4 Å². The molecular formula is C30H28F3N5O4S. The van der Waals surface area contributed by atoms with Crippen LogP contribution in [0.15, 0.2) is 64.8 Å². The summed E-state index contributed by atoms with van der Waals surface area (Å²) in [4.78, 5) is 37.8. The predicted octanol–water partition coefficient (Wildman–Crippen LogP) is 4.05. The monoisotopic (exact) mass is 611 g/mol. The van der Waals surface area contributed by atoms with E-state index in [1.54, 1.807) is 29.7 Å². The van der Waals surface area contributed by atoms with Crippen molar-refractivity contribution < 1.29 is 26.4 Å². The average Bonchev–Trinajstić information content (AvgIpc) is 2.96. The number of sulfone groups is 1. The number of benzene rings is 2. The van der Waals surface area contributed by atoms with Crippen molar-refractivity contribution in [2.24, 2.45) is 0 Å². The van der Waals surface area contributed by atoms with Gasteiger partial charge in [-0.15, -0.1) is 0 Å². The Morgan fingerprint density at radius 3 is 2.35 bits per heavy atom. The Hall–Kier alpha value is -4.52. The average molecular weight is 612 g/mol. The molecule has 43 heavy (non-hydrogen) atoms. The maximum absolute atomic E-state index is 15.8. The molecule has 1 fully saturated rings. The third-order valence-electron chi connectivity index (χ3n) is 7.47. The van der Waals surface area contributed by atoms with E-state index in [0.29, 0.717) is 12.0 Å². The number of pyridine rings is 1. The van der Waals surface area contributed by atoms with Gasteiger partial charge in [-0.1, -0.05) is 31.7 Å². The van der Waals surface area contributed by atoms with Gasteiger partial charge in [-0.2, -0.15) is 4.98 Å². The number of carbonyl (C=O) groups is 1. The Morgan fingerprint density at radius 1 is 1.07 bits per heavy atom. The minimum Gasteiger partial charge on any atom is -0.350 e. The van der Waals surface area contributed by atoms with Gasteiger partial charge < -0.3 is 9.80 Å². The number of carbonyl (C=O) groups excluding carboxylic acids is 1. The number of rotatable bonds is 6. The highest BCUT2D eigenvalue weighted by Crippen LogP contribution is 2.35. The van der Waals surface area contributed by atoms with Gasteiger partial charge >= 0.3 is 5.69 Å².